The predicted octanol–water partition coefficient (Wildman–Crippen LogP) is 2.25. The van der Waals surface area contributed by atoms with Crippen LogP contribution in [0, 0.1) is 0 Å². The number of amides is 2. The maximum Gasteiger partial charge on any atom is 0.410 e. The molecule has 8 heteroatoms. The van der Waals surface area contributed by atoms with Gasteiger partial charge in [0, 0.05) is 25.5 Å². The molecule has 3 heterocycles. The minimum absolute atomic E-state index is 0.188. The summed E-state index contributed by atoms with van der Waals surface area (Å²) in [7, 11) is 0. The number of pyridine rings is 1. The lowest BCUT2D eigenvalue weighted by Crippen LogP contribution is -2.37. The van der Waals surface area contributed by atoms with Gasteiger partial charge in [-0.2, -0.15) is 0 Å². The highest BCUT2D eigenvalue weighted by Crippen LogP contribution is 2.32. The first-order chi connectivity index (χ1) is 13.7. The number of nitrogens with one attached hydrogen (secondary N) is 1. The molecule has 0 saturated carbocycles. The number of carbonyl (C=O) groups excluding carboxylic acids is 2. The van der Waals surface area contributed by atoms with Crippen LogP contribution in [-0.4, -0.2) is 41.8 Å². The first-order valence-corrected chi connectivity index (χ1v) is 9.20. The molecular weight excluding hydrogens is 362 g/mol. The molecule has 0 spiro atoms. The SMILES string of the molecule is CCOC(=O)N1CCc2c(cncc2C(=O)NCc2ccc3c(c2)OCO3)C1. The van der Waals surface area contributed by atoms with Gasteiger partial charge in [-0.3, -0.25) is 9.78 Å². The maximum atomic E-state index is 12.7. The van der Waals surface area contributed by atoms with E-state index in [2.05, 4.69) is 10.3 Å². The van der Waals surface area contributed by atoms with Crippen LogP contribution in [0.3, 0.4) is 0 Å². The van der Waals surface area contributed by atoms with Gasteiger partial charge in [0.05, 0.1) is 18.7 Å². The molecule has 2 aliphatic rings. The Morgan fingerprint density at radius 2 is 2.11 bits per heavy atom. The summed E-state index contributed by atoms with van der Waals surface area (Å²) < 4.78 is 15.7. The van der Waals surface area contributed by atoms with Gasteiger partial charge in [-0.1, -0.05) is 6.07 Å². The van der Waals surface area contributed by atoms with Crippen LogP contribution < -0.4 is 14.8 Å². The Bertz CT molecular complexity index is 915. The molecule has 0 bridgehead atoms. The van der Waals surface area contributed by atoms with E-state index in [9.17, 15) is 9.59 Å². The topological polar surface area (TPSA) is 90.0 Å². The van der Waals surface area contributed by atoms with E-state index in [1.165, 1.54) is 0 Å². The van der Waals surface area contributed by atoms with Crippen molar-refractivity contribution in [3.8, 4) is 11.5 Å². The summed E-state index contributed by atoms with van der Waals surface area (Å²) in [5.41, 5.74) is 3.26. The van der Waals surface area contributed by atoms with Gasteiger partial charge in [-0.05, 0) is 42.2 Å². The van der Waals surface area contributed by atoms with Crippen molar-refractivity contribution >= 4 is 12.0 Å². The Morgan fingerprint density at radius 3 is 2.96 bits per heavy atom. The van der Waals surface area contributed by atoms with Gasteiger partial charge in [-0.25, -0.2) is 4.79 Å². The largest absolute Gasteiger partial charge is 0.454 e. The standard InChI is InChI=1S/C20H21N3O5/c1-2-26-20(25)23-6-5-15-14(11-23)9-21-10-16(15)19(24)22-8-13-3-4-17-18(7-13)28-12-27-17/h3-4,7,9-10H,2,5-6,8,11-12H2,1H3,(H,22,24). The number of fused-ring (bicyclic) bond motifs is 2. The number of aromatic nitrogens is 1. The molecule has 0 unspecified atom stereocenters. The Morgan fingerprint density at radius 1 is 1.25 bits per heavy atom. The summed E-state index contributed by atoms with van der Waals surface area (Å²) in [5, 5.41) is 2.93. The fourth-order valence-corrected chi connectivity index (χ4v) is 3.39. The lowest BCUT2D eigenvalue weighted by Gasteiger charge is -2.28. The summed E-state index contributed by atoms with van der Waals surface area (Å²) in [6.07, 6.45) is 3.53. The molecule has 2 aromatic rings. The Kier molecular flexibility index (Phi) is 5.01. The van der Waals surface area contributed by atoms with Crippen molar-refractivity contribution in [2.75, 3.05) is 19.9 Å². The van der Waals surface area contributed by atoms with E-state index < -0.39 is 0 Å². The quantitative estimate of drug-likeness (QED) is 0.871. The summed E-state index contributed by atoms with van der Waals surface area (Å²) in [4.78, 5) is 30.5. The minimum atomic E-state index is -0.342. The monoisotopic (exact) mass is 383 g/mol. The zero-order valence-electron chi connectivity index (χ0n) is 15.6. The lowest BCUT2D eigenvalue weighted by molar-refractivity contribution is 0.0947. The molecule has 1 N–H and O–H groups in total. The van der Waals surface area contributed by atoms with Crippen molar-refractivity contribution in [2.45, 2.75) is 26.4 Å². The molecule has 0 fully saturated rings. The van der Waals surface area contributed by atoms with E-state index >= 15 is 0 Å². The molecule has 2 amide bonds. The second-order valence-electron chi connectivity index (χ2n) is 6.57. The van der Waals surface area contributed by atoms with E-state index in [0.29, 0.717) is 49.7 Å². The Hall–Kier alpha value is -3.29. The molecule has 1 aromatic carbocycles. The molecule has 28 heavy (non-hydrogen) atoms. The van der Waals surface area contributed by atoms with Crippen molar-refractivity contribution in [1.29, 1.82) is 0 Å². The van der Waals surface area contributed by atoms with E-state index in [4.69, 9.17) is 14.2 Å². The second-order valence-corrected chi connectivity index (χ2v) is 6.57. The number of hydrogen-bond donors (Lipinski definition) is 1. The number of benzene rings is 1. The van der Waals surface area contributed by atoms with Crippen molar-refractivity contribution in [3.63, 3.8) is 0 Å². The van der Waals surface area contributed by atoms with Gasteiger partial charge < -0.3 is 24.4 Å². The van der Waals surface area contributed by atoms with Gasteiger partial charge in [0.15, 0.2) is 11.5 Å². The van der Waals surface area contributed by atoms with Crippen LogP contribution in [0.5, 0.6) is 11.5 Å². The number of nitrogens with zero attached hydrogens (tertiary/aromatic N) is 2. The number of hydrogen-bond acceptors (Lipinski definition) is 6. The van der Waals surface area contributed by atoms with Crippen molar-refractivity contribution in [2.24, 2.45) is 0 Å². The maximum absolute atomic E-state index is 12.7. The third-order valence-electron chi connectivity index (χ3n) is 4.80. The fourth-order valence-electron chi connectivity index (χ4n) is 3.39. The number of rotatable bonds is 4. The molecule has 0 aliphatic carbocycles. The highest BCUT2D eigenvalue weighted by Gasteiger charge is 2.25. The molecule has 2 aliphatic heterocycles. The van der Waals surface area contributed by atoms with Crippen LogP contribution in [0.2, 0.25) is 0 Å². The molecule has 146 valence electrons. The number of carbonyl (C=O) groups is 2. The van der Waals surface area contributed by atoms with E-state index in [-0.39, 0.29) is 18.8 Å². The van der Waals surface area contributed by atoms with Gasteiger partial charge in [-0.15, -0.1) is 0 Å². The van der Waals surface area contributed by atoms with Crippen LogP contribution in [-0.2, 0) is 24.2 Å². The second kappa shape index (κ2) is 7.75. The van der Waals surface area contributed by atoms with E-state index in [0.717, 1.165) is 16.7 Å². The summed E-state index contributed by atoms with van der Waals surface area (Å²) in [6, 6.07) is 5.59. The fraction of sp³-hybridized carbons (Fsp3) is 0.350. The highest BCUT2D eigenvalue weighted by molar-refractivity contribution is 5.95. The minimum Gasteiger partial charge on any atom is -0.454 e. The zero-order chi connectivity index (χ0) is 19.5. The van der Waals surface area contributed by atoms with Crippen LogP contribution >= 0.6 is 0 Å². The molecule has 0 saturated heterocycles. The summed E-state index contributed by atoms with van der Waals surface area (Å²) >= 11 is 0. The molecule has 8 nitrogen and oxygen atoms in total. The molecule has 0 radical (unpaired) electrons. The molecular formula is C20H21N3O5. The molecule has 4 rings (SSSR count). The van der Waals surface area contributed by atoms with Crippen molar-refractivity contribution < 1.29 is 23.8 Å². The average Bonchev–Trinajstić information content (AvgIpc) is 3.19. The van der Waals surface area contributed by atoms with Crippen LogP contribution in [0.4, 0.5) is 4.79 Å². The average molecular weight is 383 g/mol. The Labute approximate surface area is 162 Å². The van der Waals surface area contributed by atoms with Gasteiger partial charge in [0.1, 0.15) is 0 Å². The van der Waals surface area contributed by atoms with E-state index in [1.54, 1.807) is 24.2 Å². The smallest absolute Gasteiger partial charge is 0.410 e. The zero-order valence-corrected chi connectivity index (χ0v) is 15.6. The first-order valence-electron chi connectivity index (χ1n) is 9.20. The predicted molar refractivity (Wildman–Crippen MR) is 99.1 cm³/mol. The summed E-state index contributed by atoms with van der Waals surface area (Å²) in [5.74, 6) is 1.21. The van der Waals surface area contributed by atoms with Crippen LogP contribution in [0.25, 0.3) is 0 Å². The normalized spacial score (nSPS) is 14.4. The van der Waals surface area contributed by atoms with Crippen LogP contribution in [0.15, 0.2) is 30.6 Å². The highest BCUT2D eigenvalue weighted by atomic mass is 16.7. The third-order valence-corrected chi connectivity index (χ3v) is 4.80. The summed E-state index contributed by atoms with van der Waals surface area (Å²) in [6.45, 7) is 3.61. The number of ether oxygens (including phenoxy) is 3. The van der Waals surface area contributed by atoms with Crippen molar-refractivity contribution in [3.05, 3.63) is 52.8 Å². The van der Waals surface area contributed by atoms with Gasteiger partial charge in [0.2, 0.25) is 6.79 Å². The Balaban J connectivity index is 1.44. The third kappa shape index (κ3) is 3.58. The first kappa shape index (κ1) is 18.1. The molecule has 1 aromatic heterocycles. The van der Waals surface area contributed by atoms with Gasteiger partial charge >= 0.3 is 6.09 Å². The van der Waals surface area contributed by atoms with Crippen molar-refractivity contribution in [1.82, 2.24) is 15.2 Å². The van der Waals surface area contributed by atoms with Gasteiger partial charge in [0.25, 0.3) is 5.91 Å². The van der Waals surface area contributed by atoms with E-state index in [1.807, 2.05) is 18.2 Å². The van der Waals surface area contributed by atoms with Crippen LogP contribution in [0.1, 0.15) is 34.0 Å². The lowest BCUT2D eigenvalue weighted by atomic mass is 9.97. The molecule has 0 atom stereocenters.